The number of furan rings is 1. The molecule has 1 unspecified atom stereocenters. The van der Waals surface area contributed by atoms with Gasteiger partial charge < -0.3 is 14.5 Å². The van der Waals surface area contributed by atoms with Crippen molar-refractivity contribution in [3.63, 3.8) is 0 Å². The molecule has 6 heteroatoms. The molecule has 0 amide bonds. The van der Waals surface area contributed by atoms with Gasteiger partial charge in [0.25, 0.3) is 0 Å². The largest absolute Gasteiger partial charge is 0.472 e. The summed E-state index contributed by atoms with van der Waals surface area (Å²) < 4.78 is 5.18. The normalized spacial score (nSPS) is 24.8. The first kappa shape index (κ1) is 16.8. The van der Waals surface area contributed by atoms with Crippen LogP contribution < -0.4 is 0 Å². The fourth-order valence-electron chi connectivity index (χ4n) is 4.63. The van der Waals surface area contributed by atoms with Crippen LogP contribution in [0.5, 0.6) is 0 Å². The van der Waals surface area contributed by atoms with Crippen molar-refractivity contribution in [2.75, 3.05) is 32.8 Å². The molecule has 4 heterocycles. The Labute approximate surface area is 148 Å². The van der Waals surface area contributed by atoms with Crippen LogP contribution in [0.15, 0.2) is 35.4 Å². The van der Waals surface area contributed by atoms with Gasteiger partial charge in [-0.05, 0) is 50.4 Å². The molecule has 0 radical (unpaired) electrons. The Kier molecular flexibility index (Phi) is 4.92. The summed E-state index contributed by atoms with van der Waals surface area (Å²) in [6.07, 6.45) is 10.8. The number of aliphatic hydroxyl groups is 1. The second-order valence-electron chi connectivity index (χ2n) is 7.67. The predicted molar refractivity (Wildman–Crippen MR) is 94.7 cm³/mol. The molecule has 0 bridgehead atoms. The molecule has 2 N–H and O–H groups in total. The second kappa shape index (κ2) is 7.32. The molecule has 4 rings (SSSR count). The molecule has 2 aromatic heterocycles. The van der Waals surface area contributed by atoms with Gasteiger partial charge in [-0.15, -0.1) is 0 Å². The van der Waals surface area contributed by atoms with Gasteiger partial charge in [0, 0.05) is 43.6 Å². The van der Waals surface area contributed by atoms with E-state index in [2.05, 4.69) is 19.8 Å². The topological polar surface area (TPSA) is 68.5 Å². The molecule has 1 spiro atoms. The predicted octanol–water partition coefficient (Wildman–Crippen LogP) is 2.10. The van der Waals surface area contributed by atoms with E-state index in [4.69, 9.17) is 4.42 Å². The Morgan fingerprint density at radius 2 is 2.00 bits per heavy atom. The molecule has 0 aliphatic carbocycles. The lowest BCUT2D eigenvalue weighted by Gasteiger charge is -2.51. The number of nitrogens with one attached hydrogen (secondary N) is 1. The van der Waals surface area contributed by atoms with Gasteiger partial charge in [-0.25, -0.2) is 4.98 Å². The minimum Gasteiger partial charge on any atom is -0.472 e. The zero-order valence-electron chi connectivity index (χ0n) is 14.7. The van der Waals surface area contributed by atoms with E-state index in [0.717, 1.165) is 45.1 Å². The van der Waals surface area contributed by atoms with Crippen LogP contribution in [0.25, 0.3) is 0 Å². The summed E-state index contributed by atoms with van der Waals surface area (Å²) in [7, 11) is 0. The molecule has 136 valence electrons. The van der Waals surface area contributed by atoms with Crippen molar-refractivity contribution in [1.82, 2.24) is 19.8 Å². The van der Waals surface area contributed by atoms with E-state index in [0.29, 0.717) is 17.9 Å². The van der Waals surface area contributed by atoms with Gasteiger partial charge in [-0.2, -0.15) is 0 Å². The van der Waals surface area contributed by atoms with Crippen molar-refractivity contribution in [3.05, 3.63) is 42.4 Å². The van der Waals surface area contributed by atoms with Gasteiger partial charge >= 0.3 is 0 Å². The van der Waals surface area contributed by atoms with E-state index >= 15 is 0 Å². The third-order valence-electron chi connectivity index (χ3n) is 6.26. The molecule has 2 aromatic rings. The third-order valence-corrected chi connectivity index (χ3v) is 6.26. The molecule has 2 aliphatic rings. The standard InChI is InChI=1S/C19H28N4O2/c24-14-17-12-23(11-16-1-10-25-15-16)9-4-19(17)2-7-22(8-3-19)13-18-20-5-6-21-18/h1,5-6,10,15,17,24H,2-4,7-9,11-14H2,(H,20,21). The maximum Gasteiger partial charge on any atom is 0.120 e. The number of aromatic amines is 1. The van der Waals surface area contributed by atoms with Gasteiger partial charge in [0.2, 0.25) is 0 Å². The maximum atomic E-state index is 10.1. The number of aliphatic hydroxyl groups excluding tert-OH is 1. The minimum absolute atomic E-state index is 0.292. The molecular weight excluding hydrogens is 316 g/mol. The van der Waals surface area contributed by atoms with Crippen molar-refractivity contribution >= 4 is 0 Å². The SMILES string of the molecule is OCC1CN(Cc2ccoc2)CCC12CCN(Cc1ncc[nH]1)CC2. The van der Waals surface area contributed by atoms with E-state index in [1.165, 1.54) is 24.8 Å². The summed E-state index contributed by atoms with van der Waals surface area (Å²) in [4.78, 5) is 12.5. The molecule has 0 aromatic carbocycles. The van der Waals surface area contributed by atoms with Crippen LogP contribution >= 0.6 is 0 Å². The van der Waals surface area contributed by atoms with E-state index in [1.807, 2.05) is 24.7 Å². The third kappa shape index (κ3) is 3.66. The highest BCUT2D eigenvalue weighted by Crippen LogP contribution is 2.45. The Bertz CT molecular complexity index is 624. The first-order valence-corrected chi connectivity index (χ1v) is 9.32. The van der Waals surface area contributed by atoms with Crippen molar-refractivity contribution in [2.45, 2.75) is 32.4 Å². The highest BCUT2D eigenvalue weighted by atomic mass is 16.3. The molecule has 6 nitrogen and oxygen atoms in total. The van der Waals surface area contributed by atoms with Gasteiger partial charge in [-0.3, -0.25) is 9.80 Å². The first-order valence-electron chi connectivity index (χ1n) is 9.32. The van der Waals surface area contributed by atoms with Crippen molar-refractivity contribution in [2.24, 2.45) is 11.3 Å². The molecule has 25 heavy (non-hydrogen) atoms. The Hall–Kier alpha value is -1.63. The summed E-state index contributed by atoms with van der Waals surface area (Å²) in [5.41, 5.74) is 1.53. The molecule has 0 saturated carbocycles. The lowest BCUT2D eigenvalue weighted by atomic mass is 9.64. The van der Waals surface area contributed by atoms with Crippen molar-refractivity contribution in [1.29, 1.82) is 0 Å². The summed E-state index contributed by atoms with van der Waals surface area (Å²) in [6, 6.07) is 2.03. The van der Waals surface area contributed by atoms with Crippen LogP contribution in [0.2, 0.25) is 0 Å². The van der Waals surface area contributed by atoms with E-state index in [1.54, 1.807) is 6.26 Å². The lowest BCUT2D eigenvalue weighted by Crippen LogP contribution is -2.53. The monoisotopic (exact) mass is 344 g/mol. The van der Waals surface area contributed by atoms with Gasteiger partial charge in [-0.1, -0.05) is 0 Å². The average molecular weight is 344 g/mol. The zero-order chi connectivity index (χ0) is 17.1. The number of H-pyrrole nitrogens is 1. The minimum atomic E-state index is 0.292. The number of hydrogen-bond donors (Lipinski definition) is 2. The van der Waals surface area contributed by atoms with E-state index in [-0.39, 0.29) is 0 Å². The summed E-state index contributed by atoms with van der Waals surface area (Å²) in [5, 5.41) is 10.1. The molecule has 2 fully saturated rings. The maximum absolute atomic E-state index is 10.1. The Morgan fingerprint density at radius 1 is 1.20 bits per heavy atom. The highest BCUT2D eigenvalue weighted by Gasteiger charge is 2.44. The van der Waals surface area contributed by atoms with Crippen LogP contribution in [0, 0.1) is 11.3 Å². The molecule has 2 aliphatic heterocycles. The number of hydrogen-bond acceptors (Lipinski definition) is 5. The van der Waals surface area contributed by atoms with Gasteiger partial charge in [0.1, 0.15) is 5.82 Å². The van der Waals surface area contributed by atoms with E-state index in [9.17, 15) is 5.11 Å². The number of likely N-dealkylation sites (tertiary alicyclic amines) is 2. The van der Waals surface area contributed by atoms with Crippen molar-refractivity contribution < 1.29 is 9.52 Å². The average Bonchev–Trinajstić information content (AvgIpc) is 3.33. The summed E-state index contributed by atoms with van der Waals surface area (Å²) in [6.45, 7) is 6.41. The van der Waals surface area contributed by atoms with Crippen LogP contribution in [-0.2, 0) is 13.1 Å². The number of piperidine rings is 2. The Morgan fingerprint density at radius 3 is 2.64 bits per heavy atom. The number of nitrogens with zero attached hydrogens (tertiary/aromatic N) is 3. The van der Waals surface area contributed by atoms with Crippen LogP contribution in [-0.4, -0.2) is 57.7 Å². The first-order chi connectivity index (χ1) is 12.3. The summed E-state index contributed by atoms with van der Waals surface area (Å²) >= 11 is 0. The highest BCUT2D eigenvalue weighted by molar-refractivity contribution is 5.06. The van der Waals surface area contributed by atoms with Crippen LogP contribution in [0.3, 0.4) is 0 Å². The fraction of sp³-hybridized carbons (Fsp3) is 0.632. The number of aromatic nitrogens is 2. The fourth-order valence-corrected chi connectivity index (χ4v) is 4.63. The zero-order valence-corrected chi connectivity index (χ0v) is 14.7. The molecule has 1 atom stereocenters. The lowest BCUT2D eigenvalue weighted by molar-refractivity contribution is -0.0453. The Balaban J connectivity index is 1.34. The van der Waals surface area contributed by atoms with Crippen LogP contribution in [0.1, 0.15) is 30.7 Å². The smallest absolute Gasteiger partial charge is 0.120 e. The quantitative estimate of drug-likeness (QED) is 0.869. The number of imidazole rings is 1. The van der Waals surface area contributed by atoms with E-state index < -0.39 is 0 Å². The number of rotatable bonds is 5. The molecule has 2 saturated heterocycles. The second-order valence-corrected chi connectivity index (χ2v) is 7.67. The summed E-state index contributed by atoms with van der Waals surface area (Å²) in [5.74, 6) is 1.42. The van der Waals surface area contributed by atoms with Gasteiger partial charge in [0.15, 0.2) is 0 Å². The van der Waals surface area contributed by atoms with Gasteiger partial charge in [0.05, 0.1) is 19.1 Å². The molecular formula is C19H28N4O2. The van der Waals surface area contributed by atoms with Crippen molar-refractivity contribution in [3.8, 4) is 0 Å². The van der Waals surface area contributed by atoms with Crippen LogP contribution in [0.4, 0.5) is 0 Å².